The molecule has 0 aliphatic carbocycles. The lowest BCUT2D eigenvalue weighted by Gasteiger charge is -2.23. The quantitative estimate of drug-likeness (QED) is 0.898. The van der Waals surface area contributed by atoms with E-state index in [9.17, 15) is 0 Å². The summed E-state index contributed by atoms with van der Waals surface area (Å²) in [5.41, 5.74) is 4.07. The van der Waals surface area contributed by atoms with Crippen LogP contribution in [-0.4, -0.2) is 24.6 Å². The summed E-state index contributed by atoms with van der Waals surface area (Å²) in [6, 6.07) is 19.7. The Bertz CT molecular complexity index is 501. The van der Waals surface area contributed by atoms with Gasteiger partial charge in [-0.15, -0.1) is 0 Å². The molecule has 3 rings (SSSR count). The van der Waals surface area contributed by atoms with Gasteiger partial charge < -0.3 is 4.90 Å². The molecule has 98 valence electrons. The van der Waals surface area contributed by atoms with Crippen molar-refractivity contribution in [2.75, 3.05) is 24.6 Å². The molecule has 0 aromatic heterocycles. The monoisotopic (exact) mass is 270 g/mol. The summed E-state index contributed by atoms with van der Waals surface area (Å²) in [6.07, 6.45) is 0. The van der Waals surface area contributed by atoms with Crippen LogP contribution >= 0.6 is 11.8 Å². The molecule has 0 spiro atoms. The van der Waals surface area contributed by atoms with Crippen molar-refractivity contribution in [2.24, 2.45) is 0 Å². The van der Waals surface area contributed by atoms with Crippen molar-refractivity contribution >= 4 is 11.8 Å². The molecule has 0 saturated carbocycles. The van der Waals surface area contributed by atoms with Crippen LogP contribution in [0.2, 0.25) is 0 Å². The largest absolute Gasteiger partial charge is 0.330 e. The van der Waals surface area contributed by atoms with Crippen LogP contribution in [0.3, 0.4) is 0 Å². The second-order valence-electron chi connectivity index (χ2n) is 5.10. The van der Waals surface area contributed by atoms with Gasteiger partial charge in [-0.1, -0.05) is 54.6 Å². The molecule has 1 aliphatic rings. The molecule has 0 radical (unpaired) electrons. The molecular formula is C17H20NS+. The van der Waals surface area contributed by atoms with Crippen LogP contribution < -0.4 is 4.90 Å². The zero-order chi connectivity index (χ0) is 12.9. The first-order chi connectivity index (χ1) is 9.42. The molecule has 1 heterocycles. The highest BCUT2D eigenvalue weighted by Gasteiger charge is 2.13. The highest BCUT2D eigenvalue weighted by Crippen LogP contribution is 2.18. The zero-order valence-corrected chi connectivity index (χ0v) is 12.0. The van der Waals surface area contributed by atoms with Crippen LogP contribution in [0.1, 0.15) is 5.56 Å². The second-order valence-corrected chi connectivity index (χ2v) is 6.33. The maximum atomic E-state index is 2.29. The van der Waals surface area contributed by atoms with Gasteiger partial charge in [0, 0.05) is 17.1 Å². The number of quaternary nitrogens is 1. The number of hydrogen-bond acceptors (Lipinski definition) is 1. The van der Waals surface area contributed by atoms with E-state index in [1.807, 2.05) is 0 Å². The van der Waals surface area contributed by atoms with Crippen molar-refractivity contribution in [1.82, 2.24) is 0 Å². The smallest absolute Gasteiger partial charge is 0.103 e. The Hall–Kier alpha value is -1.25. The van der Waals surface area contributed by atoms with Gasteiger partial charge in [-0.3, -0.25) is 0 Å². The van der Waals surface area contributed by atoms with Gasteiger partial charge in [0.2, 0.25) is 0 Å². The minimum Gasteiger partial charge on any atom is -0.330 e. The minimum atomic E-state index is 1.18. The number of nitrogens with one attached hydrogen (secondary N) is 1. The van der Waals surface area contributed by atoms with E-state index in [-0.39, 0.29) is 0 Å². The Labute approximate surface area is 119 Å². The molecule has 1 aliphatic heterocycles. The lowest BCUT2D eigenvalue weighted by molar-refractivity contribution is -0.910. The van der Waals surface area contributed by atoms with Crippen molar-refractivity contribution in [3.63, 3.8) is 0 Å². The molecule has 0 amide bonds. The third kappa shape index (κ3) is 3.40. The van der Waals surface area contributed by atoms with Crippen LogP contribution in [0.15, 0.2) is 54.6 Å². The molecule has 0 unspecified atom stereocenters. The Kier molecular flexibility index (Phi) is 4.21. The third-order valence-electron chi connectivity index (χ3n) is 3.72. The molecule has 2 aromatic carbocycles. The maximum Gasteiger partial charge on any atom is 0.103 e. The Morgan fingerprint density at radius 2 is 1.42 bits per heavy atom. The lowest BCUT2D eigenvalue weighted by atomic mass is 10.0. The summed E-state index contributed by atoms with van der Waals surface area (Å²) in [6.45, 7) is 3.80. The van der Waals surface area contributed by atoms with Gasteiger partial charge in [-0.2, -0.15) is 11.8 Å². The van der Waals surface area contributed by atoms with Gasteiger partial charge in [0.1, 0.15) is 6.54 Å². The van der Waals surface area contributed by atoms with E-state index in [0.717, 1.165) is 0 Å². The summed E-state index contributed by atoms with van der Waals surface area (Å²) >= 11 is 2.09. The van der Waals surface area contributed by atoms with Crippen molar-refractivity contribution in [3.8, 4) is 11.1 Å². The topological polar surface area (TPSA) is 4.44 Å². The van der Waals surface area contributed by atoms with E-state index in [0.29, 0.717) is 0 Å². The lowest BCUT2D eigenvalue weighted by Crippen LogP contribution is -3.12. The van der Waals surface area contributed by atoms with Crippen LogP contribution in [-0.2, 0) is 6.54 Å². The van der Waals surface area contributed by atoms with E-state index in [1.165, 1.54) is 47.8 Å². The zero-order valence-electron chi connectivity index (χ0n) is 11.1. The summed E-state index contributed by atoms with van der Waals surface area (Å²) in [5.74, 6) is 2.63. The highest BCUT2D eigenvalue weighted by molar-refractivity contribution is 7.99. The normalized spacial score (nSPS) is 16.4. The van der Waals surface area contributed by atoms with Gasteiger partial charge in [-0.05, 0) is 11.1 Å². The summed E-state index contributed by atoms with van der Waals surface area (Å²) in [4.78, 5) is 1.73. The first-order valence-electron chi connectivity index (χ1n) is 6.97. The number of benzene rings is 2. The van der Waals surface area contributed by atoms with E-state index in [1.54, 1.807) is 4.90 Å². The first kappa shape index (κ1) is 12.8. The Morgan fingerprint density at radius 1 is 0.789 bits per heavy atom. The number of thioether (sulfide) groups is 1. The molecule has 19 heavy (non-hydrogen) atoms. The summed E-state index contributed by atoms with van der Waals surface area (Å²) in [5, 5.41) is 0. The van der Waals surface area contributed by atoms with Gasteiger partial charge in [0.05, 0.1) is 13.1 Å². The highest BCUT2D eigenvalue weighted by atomic mass is 32.2. The molecule has 0 atom stereocenters. The van der Waals surface area contributed by atoms with Crippen LogP contribution in [0.25, 0.3) is 11.1 Å². The molecule has 1 fully saturated rings. The van der Waals surface area contributed by atoms with Gasteiger partial charge in [0.15, 0.2) is 0 Å². The van der Waals surface area contributed by atoms with E-state index in [4.69, 9.17) is 0 Å². The van der Waals surface area contributed by atoms with Crippen LogP contribution in [0.5, 0.6) is 0 Å². The Morgan fingerprint density at radius 3 is 2.11 bits per heavy atom. The fourth-order valence-electron chi connectivity index (χ4n) is 2.57. The molecule has 1 nitrogen and oxygen atoms in total. The molecular weight excluding hydrogens is 250 g/mol. The van der Waals surface area contributed by atoms with Gasteiger partial charge >= 0.3 is 0 Å². The fraction of sp³-hybridized carbons (Fsp3) is 0.294. The van der Waals surface area contributed by atoms with E-state index >= 15 is 0 Å². The SMILES string of the molecule is c1ccc(-c2ccc(C[NH+]3CCSCC3)cc2)cc1. The fourth-order valence-corrected chi connectivity index (χ4v) is 3.64. The standard InChI is InChI=1S/C17H19NS/c1-2-4-16(5-3-1)17-8-6-15(7-9-17)14-18-10-12-19-13-11-18/h1-9H,10-14H2/p+1. The number of rotatable bonds is 3. The van der Waals surface area contributed by atoms with Crippen molar-refractivity contribution < 1.29 is 4.90 Å². The summed E-state index contributed by atoms with van der Waals surface area (Å²) < 4.78 is 0. The minimum absolute atomic E-state index is 1.18. The van der Waals surface area contributed by atoms with E-state index < -0.39 is 0 Å². The maximum absolute atomic E-state index is 2.29. The summed E-state index contributed by atoms with van der Waals surface area (Å²) in [7, 11) is 0. The van der Waals surface area contributed by atoms with Gasteiger partial charge in [0.25, 0.3) is 0 Å². The first-order valence-corrected chi connectivity index (χ1v) is 8.13. The molecule has 1 N–H and O–H groups in total. The van der Waals surface area contributed by atoms with Crippen molar-refractivity contribution in [1.29, 1.82) is 0 Å². The Balaban J connectivity index is 1.68. The average Bonchev–Trinajstić information content (AvgIpc) is 2.50. The van der Waals surface area contributed by atoms with Crippen molar-refractivity contribution in [2.45, 2.75) is 6.54 Å². The van der Waals surface area contributed by atoms with Crippen LogP contribution in [0.4, 0.5) is 0 Å². The molecule has 0 bridgehead atoms. The number of hydrogen-bond donors (Lipinski definition) is 1. The van der Waals surface area contributed by atoms with Crippen molar-refractivity contribution in [3.05, 3.63) is 60.2 Å². The molecule has 2 aromatic rings. The van der Waals surface area contributed by atoms with E-state index in [2.05, 4.69) is 66.4 Å². The predicted octanol–water partition coefficient (Wildman–Crippen LogP) is 2.49. The molecule has 2 heteroatoms. The second kappa shape index (κ2) is 6.27. The van der Waals surface area contributed by atoms with Crippen LogP contribution in [0, 0.1) is 0 Å². The molecule has 1 saturated heterocycles. The predicted molar refractivity (Wildman–Crippen MR) is 83.6 cm³/mol. The third-order valence-corrected chi connectivity index (χ3v) is 4.70. The average molecular weight is 270 g/mol. The van der Waals surface area contributed by atoms with Gasteiger partial charge in [-0.25, -0.2) is 0 Å².